The number of para-hydroxylation sites is 1. The van der Waals surface area contributed by atoms with Crippen LogP contribution in [-0.2, 0) is 34.1 Å². The molecule has 9 heteroatoms. The van der Waals surface area contributed by atoms with Crippen LogP contribution in [0.2, 0.25) is 0 Å². The van der Waals surface area contributed by atoms with Crippen molar-refractivity contribution in [2.75, 3.05) is 0 Å². The molecule has 2 rings (SSSR count). The summed E-state index contributed by atoms with van der Waals surface area (Å²) in [5.74, 6) is -0.439. The van der Waals surface area contributed by atoms with Gasteiger partial charge in [-0.15, -0.1) is 0 Å². The van der Waals surface area contributed by atoms with Crippen LogP contribution in [0.1, 0.15) is 0 Å². The van der Waals surface area contributed by atoms with Gasteiger partial charge in [-0.2, -0.15) is 0 Å². The van der Waals surface area contributed by atoms with Crippen LogP contribution < -0.4 is 66.1 Å². The number of carbonyl (C=O) groups excluding carboxylic acids is 2. The summed E-state index contributed by atoms with van der Waals surface area (Å²) >= 11 is -5.62. The minimum absolute atomic E-state index is 0. The third-order valence-electron chi connectivity index (χ3n) is 1.76. The Morgan fingerprint density at radius 2 is 1.67 bits per heavy atom. The Bertz CT molecular complexity index is 733. The fraction of sp³-hybridized carbons (Fsp3) is 0. The molecule has 0 aromatic heterocycles. The molecule has 1 aliphatic rings. The number of amides is 1. The predicted octanol–water partition coefficient (Wildman–Crippen LogP) is -5.35. The third kappa shape index (κ3) is 5.59. The van der Waals surface area contributed by atoms with Crippen molar-refractivity contribution in [1.29, 1.82) is 0 Å². The van der Waals surface area contributed by atoms with E-state index in [1.54, 1.807) is 24.3 Å². The van der Waals surface area contributed by atoms with E-state index in [1.165, 1.54) is 0 Å². The summed E-state index contributed by atoms with van der Waals surface area (Å²) < 4.78 is 34.3. The zero-order valence-corrected chi connectivity index (χ0v) is 13.5. The quantitative estimate of drug-likeness (QED) is 0.377. The molecule has 0 fully saturated rings. The predicted molar refractivity (Wildman–Crippen MR) is 43.8 cm³/mol. The number of aldehydes is 1. The van der Waals surface area contributed by atoms with E-state index in [2.05, 4.69) is 4.99 Å². The van der Waals surface area contributed by atoms with Gasteiger partial charge in [-0.25, -0.2) is 4.99 Å². The van der Waals surface area contributed by atoms with Gasteiger partial charge >= 0.3 is 80.0 Å². The number of fused-ring (bicyclic) bond motifs is 1. The SMILES string of the molecule is O=CC1=c2ccccc2=NC1=O.[K+].[O]=[Mn](=[O])(=[O])[O-]. The van der Waals surface area contributed by atoms with E-state index in [9.17, 15) is 9.59 Å². The van der Waals surface area contributed by atoms with Crippen LogP contribution in [0, 0.1) is 0 Å². The third-order valence-corrected chi connectivity index (χ3v) is 1.76. The van der Waals surface area contributed by atoms with Gasteiger partial charge in [0.25, 0.3) is 5.91 Å². The summed E-state index contributed by atoms with van der Waals surface area (Å²) in [6.07, 6.45) is 0.553. The van der Waals surface area contributed by atoms with E-state index in [-0.39, 0.29) is 57.0 Å². The summed E-state index contributed by atoms with van der Waals surface area (Å²) in [7, 11) is 0. The molecule has 0 saturated carbocycles. The molecule has 1 amide bonds. The van der Waals surface area contributed by atoms with Crippen LogP contribution in [0.25, 0.3) is 5.57 Å². The summed E-state index contributed by atoms with van der Waals surface area (Å²) in [4.78, 5) is 25.2. The maximum atomic E-state index is 11.0. The monoisotopic (exact) mass is 317 g/mol. The van der Waals surface area contributed by atoms with Crippen molar-refractivity contribution in [2.45, 2.75) is 0 Å². The van der Waals surface area contributed by atoms with Crippen molar-refractivity contribution in [3.63, 3.8) is 0 Å². The molecule has 1 aromatic rings. The summed E-state index contributed by atoms with van der Waals surface area (Å²) in [5, 5.41) is 1.22. The van der Waals surface area contributed by atoms with Gasteiger partial charge in [-0.3, -0.25) is 9.59 Å². The molecule has 0 radical (unpaired) electrons. The standard InChI is InChI=1S/C9H5NO2.K.Mn.4O/c11-5-7-6-3-1-2-4-8(6)10-9(7)12;;;;;;/h1-5H;;;;;;/q;+1;;;;;-1. The van der Waals surface area contributed by atoms with E-state index < -0.39 is 18.9 Å². The van der Waals surface area contributed by atoms with Crippen LogP contribution in [0.15, 0.2) is 29.3 Å². The van der Waals surface area contributed by atoms with Crippen LogP contribution in [-0.4, -0.2) is 12.2 Å². The number of carbonyl (C=O) groups is 2. The van der Waals surface area contributed by atoms with Gasteiger partial charge in [0, 0.05) is 5.22 Å². The first-order valence-corrected chi connectivity index (χ1v) is 6.05. The normalized spacial score (nSPS) is 12.5. The molecule has 0 saturated heterocycles. The molecule has 0 atom stereocenters. The average molecular weight is 317 g/mol. The minimum atomic E-state index is -5.62. The Morgan fingerprint density at radius 3 is 2.17 bits per heavy atom. The summed E-state index contributed by atoms with van der Waals surface area (Å²) in [6, 6.07) is 6.98. The Labute approximate surface area is 145 Å². The van der Waals surface area contributed by atoms with E-state index in [1.807, 2.05) is 0 Å². The van der Waals surface area contributed by atoms with Crippen LogP contribution in [0.4, 0.5) is 0 Å². The van der Waals surface area contributed by atoms with Gasteiger partial charge < -0.3 is 0 Å². The van der Waals surface area contributed by atoms with Gasteiger partial charge in [0.15, 0.2) is 6.29 Å². The van der Waals surface area contributed by atoms with Crippen molar-refractivity contribution in [3.8, 4) is 0 Å². The fourth-order valence-corrected chi connectivity index (χ4v) is 1.20. The second-order valence-corrected chi connectivity index (χ2v) is 4.02. The van der Waals surface area contributed by atoms with Crippen molar-refractivity contribution in [2.24, 2.45) is 4.99 Å². The molecule has 7 nitrogen and oxygen atoms in total. The van der Waals surface area contributed by atoms with Crippen LogP contribution in [0.5, 0.6) is 0 Å². The Hall–Kier alpha value is -0.254. The molecule has 18 heavy (non-hydrogen) atoms. The first-order valence-electron chi connectivity index (χ1n) is 4.12. The van der Waals surface area contributed by atoms with E-state index in [4.69, 9.17) is 15.7 Å². The molecular weight excluding hydrogens is 312 g/mol. The summed E-state index contributed by atoms with van der Waals surface area (Å²) in [5.41, 5.74) is 0.158. The molecule has 0 aliphatic carbocycles. The number of nitrogens with zero attached hydrogens (tertiary/aromatic N) is 1. The van der Waals surface area contributed by atoms with Crippen LogP contribution >= 0.6 is 0 Å². The molecule has 0 unspecified atom stereocenters. The van der Waals surface area contributed by atoms with Crippen molar-refractivity contribution >= 4 is 17.8 Å². The van der Waals surface area contributed by atoms with E-state index >= 15 is 0 Å². The summed E-state index contributed by atoms with van der Waals surface area (Å²) in [6.45, 7) is 0. The fourth-order valence-electron chi connectivity index (χ4n) is 1.20. The second kappa shape index (κ2) is 7.36. The molecule has 0 bridgehead atoms. The number of benzene rings is 1. The Morgan fingerprint density at radius 1 is 1.17 bits per heavy atom. The maximum absolute atomic E-state index is 11.0. The molecule has 1 aromatic carbocycles. The zero-order valence-electron chi connectivity index (χ0n) is 9.16. The van der Waals surface area contributed by atoms with E-state index in [0.717, 1.165) is 0 Å². The van der Waals surface area contributed by atoms with Gasteiger partial charge in [0.05, 0.1) is 10.9 Å². The first kappa shape index (κ1) is 17.7. The van der Waals surface area contributed by atoms with Gasteiger partial charge in [0.1, 0.15) is 0 Å². The van der Waals surface area contributed by atoms with Crippen molar-refractivity contribution in [1.82, 2.24) is 0 Å². The first-order chi connectivity index (χ1) is 7.83. The van der Waals surface area contributed by atoms with Crippen molar-refractivity contribution in [3.05, 3.63) is 34.8 Å². The van der Waals surface area contributed by atoms with Gasteiger partial charge in [-0.05, 0) is 6.07 Å². The molecule has 0 N–H and O–H groups in total. The molecular formula is C9H5KMnNO6. The molecule has 0 spiro atoms. The zero-order chi connectivity index (χ0) is 13.1. The molecule has 1 aliphatic heterocycles. The topological polar surface area (TPSA) is 121 Å². The second-order valence-electron chi connectivity index (χ2n) is 2.84. The average Bonchev–Trinajstić information content (AvgIpc) is 2.50. The van der Waals surface area contributed by atoms with Gasteiger partial charge in [-0.1, -0.05) is 18.2 Å². The van der Waals surface area contributed by atoms with Gasteiger partial charge in [0.2, 0.25) is 0 Å². The van der Waals surface area contributed by atoms with Crippen LogP contribution in [0.3, 0.4) is 0 Å². The number of hydrogen-bond donors (Lipinski definition) is 0. The number of rotatable bonds is 1. The Kier molecular flexibility index (Phi) is 7.26. The number of hydrogen-bond acceptors (Lipinski definition) is 6. The van der Waals surface area contributed by atoms with E-state index in [0.29, 0.717) is 16.9 Å². The molecule has 1 heterocycles. The molecule has 90 valence electrons. The Balaban J connectivity index is 0.000000421. The van der Waals surface area contributed by atoms with Crippen molar-refractivity contribution < 1.29 is 89.6 Å².